The summed E-state index contributed by atoms with van der Waals surface area (Å²) in [6.45, 7) is 6.06. The number of piperazine rings is 1. The minimum absolute atomic E-state index is 0.119. The highest BCUT2D eigenvalue weighted by Crippen LogP contribution is 2.21. The quantitative estimate of drug-likeness (QED) is 0.902. The molecule has 22 heavy (non-hydrogen) atoms. The smallest absolute Gasteiger partial charge is 0.221 e. The summed E-state index contributed by atoms with van der Waals surface area (Å²) in [5.41, 5.74) is 1.04. The van der Waals surface area contributed by atoms with Gasteiger partial charge in [0.1, 0.15) is 0 Å². The highest BCUT2D eigenvalue weighted by Gasteiger charge is 2.30. The fourth-order valence-electron chi connectivity index (χ4n) is 3.45. The largest absolute Gasteiger partial charge is 0.352 e. The van der Waals surface area contributed by atoms with Crippen LogP contribution in [0.1, 0.15) is 24.8 Å². The minimum atomic E-state index is 0.119. The van der Waals surface area contributed by atoms with Crippen LogP contribution in [0.4, 0.5) is 0 Å². The molecule has 4 nitrogen and oxygen atoms in total. The van der Waals surface area contributed by atoms with Gasteiger partial charge >= 0.3 is 0 Å². The highest BCUT2D eigenvalue weighted by atomic mass is 35.5. The second kappa shape index (κ2) is 7.44. The van der Waals surface area contributed by atoms with Gasteiger partial charge in [0.25, 0.3) is 0 Å². The van der Waals surface area contributed by atoms with Crippen molar-refractivity contribution in [2.45, 2.75) is 31.8 Å². The van der Waals surface area contributed by atoms with Gasteiger partial charge in [-0.1, -0.05) is 23.7 Å². The number of nitrogens with one attached hydrogen (secondary N) is 1. The molecule has 2 fully saturated rings. The number of nitrogens with zero attached hydrogens (tertiary/aromatic N) is 2. The van der Waals surface area contributed by atoms with E-state index >= 15 is 0 Å². The maximum absolute atomic E-state index is 12.0. The van der Waals surface area contributed by atoms with Crippen molar-refractivity contribution < 1.29 is 4.79 Å². The molecule has 2 saturated heterocycles. The molecule has 0 aromatic heterocycles. The Morgan fingerprint density at radius 2 is 2.23 bits per heavy atom. The van der Waals surface area contributed by atoms with E-state index in [1.165, 1.54) is 19.4 Å². The van der Waals surface area contributed by atoms with E-state index in [9.17, 15) is 4.79 Å². The molecule has 5 heteroatoms. The van der Waals surface area contributed by atoms with Gasteiger partial charge in [-0.15, -0.1) is 0 Å². The Hall–Kier alpha value is -1.10. The van der Waals surface area contributed by atoms with Crippen molar-refractivity contribution in [3.63, 3.8) is 0 Å². The molecule has 0 saturated carbocycles. The second-order valence-electron chi connectivity index (χ2n) is 6.29. The lowest BCUT2D eigenvalue weighted by molar-refractivity contribution is -0.121. The Labute approximate surface area is 137 Å². The first-order valence-corrected chi connectivity index (χ1v) is 8.56. The second-order valence-corrected chi connectivity index (χ2v) is 6.73. The summed E-state index contributed by atoms with van der Waals surface area (Å²) in [6, 6.07) is 8.34. The monoisotopic (exact) mass is 321 g/mol. The van der Waals surface area contributed by atoms with Crippen LogP contribution in [0.5, 0.6) is 0 Å². The number of amides is 1. The number of rotatable bonds is 5. The van der Waals surface area contributed by atoms with E-state index in [4.69, 9.17) is 11.6 Å². The lowest BCUT2D eigenvalue weighted by Gasteiger charge is -2.37. The molecule has 1 atom stereocenters. The molecular weight excluding hydrogens is 298 g/mol. The molecule has 0 aliphatic carbocycles. The van der Waals surface area contributed by atoms with Crippen LogP contribution in [0.15, 0.2) is 24.3 Å². The summed E-state index contributed by atoms with van der Waals surface area (Å²) in [6.07, 6.45) is 3.23. The predicted molar refractivity (Wildman–Crippen MR) is 89.0 cm³/mol. The topological polar surface area (TPSA) is 35.6 Å². The van der Waals surface area contributed by atoms with E-state index in [0.717, 1.165) is 37.8 Å². The van der Waals surface area contributed by atoms with Crippen LogP contribution < -0.4 is 5.32 Å². The van der Waals surface area contributed by atoms with Gasteiger partial charge in [-0.05, 0) is 37.1 Å². The summed E-state index contributed by atoms with van der Waals surface area (Å²) in [4.78, 5) is 17.0. The molecule has 0 unspecified atom stereocenters. The van der Waals surface area contributed by atoms with Crippen molar-refractivity contribution in [1.82, 2.24) is 15.1 Å². The molecule has 0 bridgehead atoms. The van der Waals surface area contributed by atoms with Crippen LogP contribution in [-0.4, -0.2) is 54.5 Å². The number of carbonyl (C=O) groups excluding carboxylic acids is 1. The maximum Gasteiger partial charge on any atom is 0.221 e. The molecule has 2 heterocycles. The third-order valence-corrected chi connectivity index (χ3v) is 4.94. The Balaban J connectivity index is 1.37. The number of carbonyl (C=O) groups is 1. The molecule has 1 amide bonds. The average molecular weight is 322 g/mol. The van der Waals surface area contributed by atoms with E-state index in [0.29, 0.717) is 18.0 Å². The molecule has 3 rings (SSSR count). The van der Waals surface area contributed by atoms with Gasteiger partial charge in [-0.3, -0.25) is 14.6 Å². The third-order valence-electron chi connectivity index (χ3n) is 4.71. The van der Waals surface area contributed by atoms with Crippen molar-refractivity contribution in [2.75, 3.05) is 32.7 Å². The molecule has 2 aliphatic heterocycles. The number of hydrogen-bond acceptors (Lipinski definition) is 3. The first-order valence-electron chi connectivity index (χ1n) is 8.18. The standard InChI is InChI=1S/C17H24ClN3O/c18-15-4-1-3-14(11-15)12-19-17(22)6-8-20-9-10-21-7-2-5-16(21)13-20/h1,3-4,11,16H,2,5-10,12-13H2,(H,19,22)/t16-/m1/s1. The van der Waals surface area contributed by atoms with Gasteiger partial charge in [0.15, 0.2) is 0 Å². The minimum Gasteiger partial charge on any atom is -0.352 e. The summed E-state index contributed by atoms with van der Waals surface area (Å²) in [5, 5.41) is 3.69. The fraction of sp³-hybridized carbons (Fsp3) is 0.588. The summed E-state index contributed by atoms with van der Waals surface area (Å²) in [5.74, 6) is 0.119. The van der Waals surface area contributed by atoms with E-state index in [1.54, 1.807) is 0 Å². The van der Waals surface area contributed by atoms with Crippen LogP contribution in [0.3, 0.4) is 0 Å². The van der Waals surface area contributed by atoms with Crippen molar-refractivity contribution in [3.05, 3.63) is 34.9 Å². The SMILES string of the molecule is O=C(CCN1CCN2CCC[C@@H]2C1)NCc1cccc(Cl)c1. The van der Waals surface area contributed by atoms with E-state index in [2.05, 4.69) is 15.1 Å². The molecule has 1 aromatic rings. The Morgan fingerprint density at radius 1 is 1.32 bits per heavy atom. The zero-order valence-electron chi connectivity index (χ0n) is 12.9. The van der Waals surface area contributed by atoms with Crippen molar-refractivity contribution in [2.24, 2.45) is 0 Å². The van der Waals surface area contributed by atoms with Gasteiger partial charge in [-0.2, -0.15) is 0 Å². The molecule has 0 spiro atoms. The van der Waals surface area contributed by atoms with Crippen LogP contribution in [0, 0.1) is 0 Å². The Morgan fingerprint density at radius 3 is 3.09 bits per heavy atom. The highest BCUT2D eigenvalue weighted by molar-refractivity contribution is 6.30. The van der Waals surface area contributed by atoms with Crippen LogP contribution in [-0.2, 0) is 11.3 Å². The molecule has 1 N–H and O–H groups in total. The zero-order valence-corrected chi connectivity index (χ0v) is 13.7. The van der Waals surface area contributed by atoms with Gasteiger partial charge < -0.3 is 5.32 Å². The summed E-state index contributed by atoms with van der Waals surface area (Å²) >= 11 is 5.94. The number of benzene rings is 1. The maximum atomic E-state index is 12.0. The van der Waals surface area contributed by atoms with Gasteiger partial charge in [0.05, 0.1) is 0 Å². The van der Waals surface area contributed by atoms with Crippen LogP contribution in [0.25, 0.3) is 0 Å². The van der Waals surface area contributed by atoms with Crippen molar-refractivity contribution in [1.29, 1.82) is 0 Å². The number of fused-ring (bicyclic) bond motifs is 1. The first kappa shape index (κ1) is 15.8. The van der Waals surface area contributed by atoms with Crippen LogP contribution >= 0.6 is 11.6 Å². The zero-order chi connectivity index (χ0) is 15.4. The van der Waals surface area contributed by atoms with Gasteiger partial charge in [-0.25, -0.2) is 0 Å². The fourth-order valence-corrected chi connectivity index (χ4v) is 3.67. The van der Waals surface area contributed by atoms with E-state index in [-0.39, 0.29) is 5.91 Å². The van der Waals surface area contributed by atoms with Gasteiger partial charge in [0, 0.05) is 50.2 Å². The molecule has 120 valence electrons. The Bertz CT molecular complexity index is 522. The third kappa shape index (κ3) is 4.22. The van der Waals surface area contributed by atoms with E-state index in [1.807, 2.05) is 24.3 Å². The number of halogens is 1. The van der Waals surface area contributed by atoms with Gasteiger partial charge in [0.2, 0.25) is 5.91 Å². The Kier molecular flexibility index (Phi) is 5.34. The molecule has 2 aliphatic rings. The number of hydrogen-bond donors (Lipinski definition) is 1. The average Bonchev–Trinajstić information content (AvgIpc) is 2.98. The normalized spacial score (nSPS) is 22.5. The first-order chi connectivity index (χ1) is 10.7. The lowest BCUT2D eigenvalue weighted by Crippen LogP contribution is -2.50. The van der Waals surface area contributed by atoms with Crippen LogP contribution in [0.2, 0.25) is 5.02 Å². The predicted octanol–water partition coefficient (Wildman–Crippen LogP) is 2.13. The summed E-state index contributed by atoms with van der Waals surface area (Å²) < 4.78 is 0. The van der Waals surface area contributed by atoms with Crippen molar-refractivity contribution in [3.8, 4) is 0 Å². The van der Waals surface area contributed by atoms with Crippen molar-refractivity contribution >= 4 is 17.5 Å². The lowest BCUT2D eigenvalue weighted by atomic mass is 10.1. The van der Waals surface area contributed by atoms with E-state index < -0.39 is 0 Å². The summed E-state index contributed by atoms with van der Waals surface area (Å²) in [7, 11) is 0. The molecular formula is C17H24ClN3O. The molecule has 0 radical (unpaired) electrons. The molecule has 1 aromatic carbocycles.